The number of carbonyl (C=O) groups excluding carboxylic acids is 3. The van der Waals surface area contributed by atoms with Gasteiger partial charge < -0.3 is 15.4 Å². The number of halogens is 1. The number of amides is 2. The van der Waals surface area contributed by atoms with Crippen molar-refractivity contribution < 1.29 is 23.5 Å². The minimum Gasteiger partial charge on any atom is -0.455 e. The van der Waals surface area contributed by atoms with Crippen LogP contribution in [0.25, 0.3) is 0 Å². The zero-order valence-corrected chi connectivity index (χ0v) is 15.1. The first-order valence-electron chi connectivity index (χ1n) is 8.83. The largest absolute Gasteiger partial charge is 0.455 e. The van der Waals surface area contributed by atoms with E-state index in [0.717, 1.165) is 12.8 Å². The van der Waals surface area contributed by atoms with Crippen molar-refractivity contribution in [1.29, 1.82) is 0 Å². The Balaban J connectivity index is 1.91. The fourth-order valence-electron chi connectivity index (χ4n) is 3.23. The molecule has 0 spiro atoms. The maximum absolute atomic E-state index is 13.2. The van der Waals surface area contributed by atoms with Crippen LogP contribution in [0.5, 0.6) is 0 Å². The van der Waals surface area contributed by atoms with Gasteiger partial charge in [-0.1, -0.05) is 25.0 Å². The molecule has 1 aliphatic rings. The summed E-state index contributed by atoms with van der Waals surface area (Å²) in [5.74, 6) is -1.69. The molecule has 142 valence electrons. The molecule has 1 fully saturated rings. The Kier molecular flexibility index (Phi) is 6.71. The minimum atomic E-state index is -0.830. The van der Waals surface area contributed by atoms with Crippen molar-refractivity contribution >= 4 is 17.8 Å². The van der Waals surface area contributed by atoms with Gasteiger partial charge in [0, 0.05) is 6.04 Å². The maximum atomic E-state index is 13.2. The Morgan fingerprint density at radius 3 is 2.31 bits per heavy atom. The fraction of sp³-hybridized carbons (Fsp3) is 0.526. The lowest BCUT2D eigenvalue weighted by atomic mass is 9.79. The Morgan fingerprint density at radius 1 is 1.12 bits per heavy atom. The first kappa shape index (κ1) is 19.9. The zero-order chi connectivity index (χ0) is 19.2. The van der Waals surface area contributed by atoms with E-state index in [-0.39, 0.29) is 24.3 Å². The molecule has 6 nitrogen and oxygen atoms in total. The van der Waals surface area contributed by atoms with Gasteiger partial charge in [-0.15, -0.1) is 0 Å². The predicted octanol–water partition coefficient (Wildman–Crippen LogP) is 1.82. The lowest BCUT2D eigenvalue weighted by molar-refractivity contribution is -0.154. The first-order valence-corrected chi connectivity index (χ1v) is 8.83. The van der Waals surface area contributed by atoms with Crippen LogP contribution < -0.4 is 10.6 Å². The molecule has 1 aromatic rings. The summed E-state index contributed by atoms with van der Waals surface area (Å²) in [6.45, 7) is 3.02. The molecule has 1 saturated carbocycles. The average Bonchev–Trinajstić information content (AvgIpc) is 3.09. The summed E-state index contributed by atoms with van der Waals surface area (Å²) >= 11 is 0. The summed E-state index contributed by atoms with van der Waals surface area (Å²) in [5, 5.41) is 5.06. The number of ether oxygens (including phenoxy) is 1. The summed E-state index contributed by atoms with van der Waals surface area (Å²) in [4.78, 5) is 36.0. The molecule has 2 N–H and O–H groups in total. The van der Waals surface area contributed by atoms with Crippen LogP contribution in [-0.2, 0) is 24.5 Å². The molecule has 2 rings (SSSR count). The molecular formula is C19H25FN2O4. The molecule has 0 radical (unpaired) electrons. The molecule has 0 aromatic heterocycles. The topological polar surface area (TPSA) is 84.5 Å². The smallest absolute Gasteiger partial charge is 0.317 e. The number of carbonyl (C=O) groups is 3. The second kappa shape index (κ2) is 8.78. The van der Waals surface area contributed by atoms with Gasteiger partial charge in [-0.25, -0.2) is 4.39 Å². The van der Waals surface area contributed by atoms with E-state index in [2.05, 4.69) is 10.6 Å². The summed E-state index contributed by atoms with van der Waals surface area (Å²) in [6, 6.07) is 5.82. The summed E-state index contributed by atoms with van der Waals surface area (Å²) < 4.78 is 18.4. The van der Waals surface area contributed by atoms with E-state index >= 15 is 0 Å². The SMILES string of the molecule is CC(C)NC(=O)CNC(=O)COC(=O)C1(c2ccc(F)cc2)CCCC1. The molecule has 0 unspecified atom stereocenters. The Morgan fingerprint density at radius 2 is 1.73 bits per heavy atom. The molecule has 1 aliphatic carbocycles. The van der Waals surface area contributed by atoms with Crippen LogP contribution in [0.3, 0.4) is 0 Å². The molecule has 0 atom stereocenters. The van der Waals surface area contributed by atoms with Crippen LogP contribution in [0.2, 0.25) is 0 Å². The van der Waals surface area contributed by atoms with Crippen LogP contribution >= 0.6 is 0 Å². The van der Waals surface area contributed by atoms with E-state index in [0.29, 0.717) is 18.4 Å². The third-order valence-electron chi connectivity index (χ3n) is 4.47. The highest BCUT2D eigenvalue weighted by Crippen LogP contribution is 2.42. The number of hydrogen-bond donors (Lipinski definition) is 2. The molecule has 2 amide bonds. The Labute approximate surface area is 152 Å². The number of nitrogens with one attached hydrogen (secondary N) is 2. The van der Waals surface area contributed by atoms with Gasteiger partial charge in [0.2, 0.25) is 5.91 Å². The standard InChI is InChI=1S/C19H25FN2O4/c1-13(2)22-16(23)11-21-17(24)12-26-18(25)19(9-3-4-10-19)14-5-7-15(20)8-6-14/h5-8,13H,3-4,9-12H2,1-2H3,(H,21,24)(H,22,23). The van der Waals surface area contributed by atoms with Crippen LogP contribution in [0, 0.1) is 5.82 Å². The average molecular weight is 364 g/mol. The van der Waals surface area contributed by atoms with Crippen LogP contribution in [0.15, 0.2) is 24.3 Å². The van der Waals surface area contributed by atoms with Gasteiger partial charge in [-0.3, -0.25) is 14.4 Å². The maximum Gasteiger partial charge on any atom is 0.317 e. The summed E-state index contributed by atoms with van der Waals surface area (Å²) in [6.07, 6.45) is 2.95. The van der Waals surface area contributed by atoms with Crippen LogP contribution in [-0.4, -0.2) is 37.0 Å². The van der Waals surface area contributed by atoms with Crippen molar-refractivity contribution in [2.45, 2.75) is 51.0 Å². The Bertz CT molecular complexity index is 652. The lowest BCUT2D eigenvalue weighted by Crippen LogP contribution is -2.42. The third kappa shape index (κ3) is 5.03. The lowest BCUT2D eigenvalue weighted by Gasteiger charge is -2.27. The van der Waals surface area contributed by atoms with Gasteiger partial charge in [-0.05, 0) is 44.4 Å². The van der Waals surface area contributed by atoms with Gasteiger partial charge in [0.1, 0.15) is 5.82 Å². The van der Waals surface area contributed by atoms with Gasteiger partial charge in [0.25, 0.3) is 5.91 Å². The highest BCUT2D eigenvalue weighted by atomic mass is 19.1. The number of benzene rings is 1. The van der Waals surface area contributed by atoms with Crippen LogP contribution in [0.4, 0.5) is 4.39 Å². The van der Waals surface area contributed by atoms with Crippen molar-refractivity contribution in [1.82, 2.24) is 10.6 Å². The van der Waals surface area contributed by atoms with Crippen molar-refractivity contribution in [3.63, 3.8) is 0 Å². The molecule has 7 heteroatoms. The van der Waals surface area contributed by atoms with Gasteiger partial charge in [0.15, 0.2) is 6.61 Å². The summed E-state index contributed by atoms with van der Waals surface area (Å²) in [7, 11) is 0. The van der Waals surface area contributed by atoms with Crippen molar-refractivity contribution in [3.05, 3.63) is 35.6 Å². The van der Waals surface area contributed by atoms with E-state index in [4.69, 9.17) is 4.74 Å². The third-order valence-corrected chi connectivity index (χ3v) is 4.47. The van der Waals surface area contributed by atoms with Gasteiger partial charge in [0.05, 0.1) is 12.0 Å². The van der Waals surface area contributed by atoms with E-state index < -0.39 is 23.9 Å². The quantitative estimate of drug-likeness (QED) is 0.723. The molecule has 26 heavy (non-hydrogen) atoms. The molecule has 0 heterocycles. The van der Waals surface area contributed by atoms with E-state index in [1.54, 1.807) is 12.1 Å². The first-order chi connectivity index (χ1) is 12.3. The molecular weight excluding hydrogens is 339 g/mol. The van der Waals surface area contributed by atoms with Crippen molar-refractivity contribution in [2.75, 3.05) is 13.2 Å². The fourth-order valence-corrected chi connectivity index (χ4v) is 3.23. The summed E-state index contributed by atoms with van der Waals surface area (Å²) in [5.41, 5.74) is -0.124. The minimum absolute atomic E-state index is 0.0184. The monoisotopic (exact) mass is 364 g/mol. The Hall–Kier alpha value is -2.44. The van der Waals surface area contributed by atoms with Crippen LogP contribution in [0.1, 0.15) is 45.1 Å². The van der Waals surface area contributed by atoms with Crippen molar-refractivity contribution in [2.24, 2.45) is 0 Å². The van der Waals surface area contributed by atoms with Crippen molar-refractivity contribution in [3.8, 4) is 0 Å². The van der Waals surface area contributed by atoms with E-state index in [1.807, 2.05) is 13.8 Å². The second-order valence-corrected chi connectivity index (χ2v) is 6.87. The number of esters is 1. The molecule has 0 saturated heterocycles. The van der Waals surface area contributed by atoms with Gasteiger partial charge >= 0.3 is 5.97 Å². The highest BCUT2D eigenvalue weighted by Gasteiger charge is 2.44. The highest BCUT2D eigenvalue weighted by molar-refractivity contribution is 5.88. The molecule has 0 aliphatic heterocycles. The number of rotatable bonds is 7. The van der Waals surface area contributed by atoms with Gasteiger partial charge in [-0.2, -0.15) is 0 Å². The predicted molar refractivity (Wildman–Crippen MR) is 93.8 cm³/mol. The normalized spacial score (nSPS) is 15.5. The van der Waals surface area contributed by atoms with E-state index in [1.165, 1.54) is 12.1 Å². The zero-order valence-electron chi connectivity index (χ0n) is 15.1. The number of hydrogen-bond acceptors (Lipinski definition) is 4. The molecule has 1 aromatic carbocycles. The second-order valence-electron chi connectivity index (χ2n) is 6.87. The molecule has 0 bridgehead atoms. The van der Waals surface area contributed by atoms with E-state index in [9.17, 15) is 18.8 Å².